The lowest BCUT2D eigenvalue weighted by molar-refractivity contribution is -0.384. The monoisotopic (exact) mass is 273 g/mol. The summed E-state index contributed by atoms with van der Waals surface area (Å²) in [5, 5.41) is 13.8. The number of benzene rings is 1. The van der Waals surface area contributed by atoms with Gasteiger partial charge in [0.05, 0.1) is 4.92 Å². The van der Waals surface area contributed by atoms with Gasteiger partial charge < -0.3 is 11.1 Å². The number of nitro groups is 1. The Labute approximate surface area is 116 Å². The molecule has 0 bridgehead atoms. The van der Waals surface area contributed by atoms with Crippen LogP contribution >= 0.6 is 0 Å². The van der Waals surface area contributed by atoms with Crippen LogP contribution in [0.3, 0.4) is 0 Å². The zero-order valence-electron chi connectivity index (χ0n) is 11.0. The van der Waals surface area contributed by atoms with E-state index in [1.807, 2.05) is 24.3 Å². The summed E-state index contributed by atoms with van der Waals surface area (Å²) in [6, 6.07) is 8.00. The van der Waals surface area contributed by atoms with Crippen molar-refractivity contribution < 1.29 is 4.92 Å². The van der Waals surface area contributed by atoms with Crippen molar-refractivity contribution in [1.82, 2.24) is 9.97 Å². The van der Waals surface area contributed by atoms with Crippen LogP contribution in [-0.4, -0.2) is 14.9 Å². The zero-order chi connectivity index (χ0) is 14.5. The molecule has 0 aliphatic heterocycles. The van der Waals surface area contributed by atoms with Gasteiger partial charge in [0.25, 0.3) is 0 Å². The van der Waals surface area contributed by atoms with E-state index in [2.05, 4.69) is 22.2 Å². The fourth-order valence-corrected chi connectivity index (χ4v) is 1.73. The molecule has 0 amide bonds. The number of rotatable bonds is 5. The largest absolute Gasteiger partial charge is 0.368 e. The van der Waals surface area contributed by atoms with Crippen LogP contribution in [0.5, 0.6) is 0 Å². The normalized spacial score (nSPS) is 10.2. The van der Waals surface area contributed by atoms with E-state index in [9.17, 15) is 10.1 Å². The minimum absolute atomic E-state index is 0.000527. The second-order valence-electron chi connectivity index (χ2n) is 4.24. The molecule has 0 saturated carbocycles. The second kappa shape index (κ2) is 5.96. The Morgan fingerprint density at radius 2 is 1.95 bits per heavy atom. The van der Waals surface area contributed by atoms with Crippen LogP contribution in [0.25, 0.3) is 0 Å². The molecule has 1 aromatic heterocycles. The molecule has 0 unspecified atom stereocenters. The smallest absolute Gasteiger partial charge is 0.329 e. The van der Waals surface area contributed by atoms with Gasteiger partial charge in [-0.3, -0.25) is 10.1 Å². The lowest BCUT2D eigenvalue weighted by Gasteiger charge is -2.07. The highest BCUT2D eigenvalue weighted by atomic mass is 16.6. The van der Waals surface area contributed by atoms with Gasteiger partial charge >= 0.3 is 5.69 Å². The number of nitrogens with zero attached hydrogens (tertiary/aromatic N) is 3. The molecule has 0 spiro atoms. The topological polar surface area (TPSA) is 107 Å². The summed E-state index contributed by atoms with van der Waals surface area (Å²) in [7, 11) is 0. The van der Waals surface area contributed by atoms with Crippen molar-refractivity contribution in [2.75, 3.05) is 11.1 Å². The number of nitrogen functional groups attached to an aromatic ring is 1. The molecule has 7 heteroatoms. The Morgan fingerprint density at radius 3 is 2.55 bits per heavy atom. The number of nitrogens with one attached hydrogen (secondary N) is 1. The van der Waals surface area contributed by atoms with Crippen molar-refractivity contribution in [2.24, 2.45) is 0 Å². The predicted octanol–water partition coefficient (Wildman–Crippen LogP) is 2.14. The summed E-state index contributed by atoms with van der Waals surface area (Å²) in [5.74, 6) is 0.126. The fraction of sp³-hybridized carbons (Fsp3) is 0.231. The summed E-state index contributed by atoms with van der Waals surface area (Å²) in [6.45, 7) is 2.52. The van der Waals surface area contributed by atoms with Gasteiger partial charge in [-0.05, 0) is 17.5 Å². The van der Waals surface area contributed by atoms with Gasteiger partial charge in [-0.2, -0.15) is 4.98 Å². The molecule has 3 N–H and O–H groups in total. The van der Waals surface area contributed by atoms with Crippen LogP contribution in [0, 0.1) is 10.1 Å². The maximum Gasteiger partial charge on any atom is 0.329 e. The summed E-state index contributed by atoms with van der Waals surface area (Å²) >= 11 is 0. The van der Waals surface area contributed by atoms with E-state index in [1.54, 1.807) is 0 Å². The van der Waals surface area contributed by atoms with Crippen molar-refractivity contribution in [3.8, 4) is 0 Å². The van der Waals surface area contributed by atoms with E-state index in [4.69, 9.17) is 5.73 Å². The van der Waals surface area contributed by atoms with E-state index in [0.717, 1.165) is 18.2 Å². The molecule has 1 heterocycles. The number of aromatic nitrogens is 2. The minimum Gasteiger partial charge on any atom is -0.368 e. The van der Waals surface area contributed by atoms with Crippen molar-refractivity contribution in [3.63, 3.8) is 0 Å². The molecule has 2 aromatic rings. The predicted molar refractivity (Wildman–Crippen MR) is 76.2 cm³/mol. The first-order valence-corrected chi connectivity index (χ1v) is 6.18. The maximum absolute atomic E-state index is 10.9. The highest BCUT2D eigenvalue weighted by Crippen LogP contribution is 2.21. The number of hydrogen-bond acceptors (Lipinski definition) is 6. The quantitative estimate of drug-likeness (QED) is 0.638. The Bertz CT molecular complexity index is 613. The third-order valence-electron chi connectivity index (χ3n) is 2.88. The van der Waals surface area contributed by atoms with E-state index >= 15 is 0 Å². The van der Waals surface area contributed by atoms with E-state index in [-0.39, 0.29) is 17.5 Å². The average Bonchev–Trinajstić information content (AvgIpc) is 2.45. The van der Waals surface area contributed by atoms with E-state index in [1.165, 1.54) is 5.56 Å². The van der Waals surface area contributed by atoms with Gasteiger partial charge in [-0.15, -0.1) is 0 Å². The first-order valence-electron chi connectivity index (χ1n) is 6.18. The van der Waals surface area contributed by atoms with Gasteiger partial charge in [0.1, 0.15) is 6.20 Å². The molecular weight excluding hydrogens is 258 g/mol. The standard InChI is InChI=1S/C13H15N5O2/c1-2-9-3-5-10(6-4-9)7-15-12-11(18(19)20)8-16-13(14)17-12/h3-6,8H,2,7H2,1H3,(H3,14,15,16,17). The van der Waals surface area contributed by atoms with Crippen LogP contribution in [0.4, 0.5) is 17.5 Å². The lowest BCUT2D eigenvalue weighted by atomic mass is 10.1. The summed E-state index contributed by atoms with van der Waals surface area (Å²) < 4.78 is 0. The van der Waals surface area contributed by atoms with Gasteiger partial charge in [0.15, 0.2) is 0 Å². The zero-order valence-corrected chi connectivity index (χ0v) is 11.0. The highest BCUT2D eigenvalue weighted by molar-refractivity contribution is 5.56. The molecule has 2 rings (SSSR count). The number of nitrogens with two attached hydrogens (primary N) is 1. The minimum atomic E-state index is -0.540. The number of aryl methyl sites for hydroxylation is 1. The van der Waals surface area contributed by atoms with Crippen LogP contribution in [-0.2, 0) is 13.0 Å². The van der Waals surface area contributed by atoms with Gasteiger partial charge in [0.2, 0.25) is 11.8 Å². The van der Waals surface area contributed by atoms with Gasteiger partial charge in [-0.1, -0.05) is 31.2 Å². The Morgan fingerprint density at radius 1 is 1.30 bits per heavy atom. The lowest BCUT2D eigenvalue weighted by Crippen LogP contribution is -2.07. The first kappa shape index (κ1) is 13.7. The van der Waals surface area contributed by atoms with Gasteiger partial charge in [0, 0.05) is 6.54 Å². The average molecular weight is 273 g/mol. The Balaban J connectivity index is 2.13. The van der Waals surface area contributed by atoms with Crippen molar-refractivity contribution >= 4 is 17.5 Å². The second-order valence-corrected chi connectivity index (χ2v) is 4.24. The molecule has 7 nitrogen and oxygen atoms in total. The third-order valence-corrected chi connectivity index (χ3v) is 2.88. The Kier molecular flexibility index (Phi) is 4.09. The van der Waals surface area contributed by atoms with Crippen molar-refractivity contribution in [2.45, 2.75) is 19.9 Å². The number of hydrogen-bond donors (Lipinski definition) is 2. The molecular formula is C13H15N5O2. The third kappa shape index (κ3) is 3.19. The number of anilines is 2. The maximum atomic E-state index is 10.9. The van der Waals surface area contributed by atoms with Crippen LogP contribution in [0.2, 0.25) is 0 Å². The molecule has 0 aliphatic rings. The molecule has 1 aromatic carbocycles. The van der Waals surface area contributed by atoms with Crippen LogP contribution < -0.4 is 11.1 Å². The SMILES string of the molecule is CCc1ccc(CNc2nc(N)ncc2[N+](=O)[O-])cc1. The van der Waals surface area contributed by atoms with Crippen molar-refractivity contribution in [3.05, 3.63) is 51.7 Å². The summed E-state index contributed by atoms with van der Waals surface area (Å²) in [6.07, 6.45) is 2.08. The molecule has 0 atom stereocenters. The molecule has 0 radical (unpaired) electrons. The molecule has 0 fully saturated rings. The first-order chi connectivity index (χ1) is 9.60. The van der Waals surface area contributed by atoms with Crippen LogP contribution in [0.15, 0.2) is 30.5 Å². The summed E-state index contributed by atoms with van der Waals surface area (Å²) in [4.78, 5) is 17.8. The Hall–Kier alpha value is -2.70. The molecule has 0 saturated heterocycles. The van der Waals surface area contributed by atoms with Crippen LogP contribution in [0.1, 0.15) is 18.1 Å². The fourth-order valence-electron chi connectivity index (χ4n) is 1.73. The highest BCUT2D eigenvalue weighted by Gasteiger charge is 2.16. The molecule has 104 valence electrons. The van der Waals surface area contributed by atoms with E-state index in [0.29, 0.717) is 6.54 Å². The van der Waals surface area contributed by atoms with Crippen molar-refractivity contribution in [1.29, 1.82) is 0 Å². The molecule has 20 heavy (non-hydrogen) atoms. The van der Waals surface area contributed by atoms with E-state index < -0.39 is 4.92 Å². The summed E-state index contributed by atoms with van der Waals surface area (Å²) in [5.41, 5.74) is 7.51. The van der Waals surface area contributed by atoms with Gasteiger partial charge in [-0.25, -0.2) is 4.98 Å². The molecule has 0 aliphatic carbocycles.